The second-order valence-corrected chi connectivity index (χ2v) is 5.70. The van der Waals surface area contributed by atoms with Crippen molar-refractivity contribution in [3.05, 3.63) is 11.9 Å². The Hall–Kier alpha value is -0.900. The Morgan fingerprint density at radius 3 is 2.76 bits per heavy atom. The molecule has 2 fully saturated rings. The van der Waals surface area contributed by atoms with Gasteiger partial charge in [0, 0.05) is 7.05 Å². The van der Waals surface area contributed by atoms with E-state index in [1.165, 1.54) is 31.4 Å². The molecule has 4 heteroatoms. The number of aryl methyl sites for hydroxylation is 1. The summed E-state index contributed by atoms with van der Waals surface area (Å²) >= 11 is 0. The third-order valence-corrected chi connectivity index (χ3v) is 4.43. The van der Waals surface area contributed by atoms with Crippen LogP contribution in [-0.4, -0.2) is 21.5 Å². The van der Waals surface area contributed by atoms with Gasteiger partial charge in [0.05, 0.1) is 17.9 Å². The molecule has 4 nitrogen and oxygen atoms in total. The van der Waals surface area contributed by atoms with Crippen molar-refractivity contribution in [2.75, 3.05) is 6.54 Å². The van der Waals surface area contributed by atoms with Crippen molar-refractivity contribution in [2.24, 2.45) is 24.8 Å². The second kappa shape index (κ2) is 4.41. The van der Waals surface area contributed by atoms with Crippen molar-refractivity contribution in [1.29, 1.82) is 0 Å². The summed E-state index contributed by atoms with van der Waals surface area (Å²) < 4.78 is 1.93. The average Bonchev–Trinajstić information content (AvgIpc) is 2.74. The van der Waals surface area contributed by atoms with Gasteiger partial charge in [-0.2, -0.15) is 0 Å². The van der Waals surface area contributed by atoms with Gasteiger partial charge in [-0.05, 0) is 50.0 Å². The summed E-state index contributed by atoms with van der Waals surface area (Å²) in [7, 11) is 2.00. The highest BCUT2D eigenvalue weighted by atomic mass is 15.4. The lowest BCUT2D eigenvalue weighted by molar-refractivity contribution is 0.327. The van der Waals surface area contributed by atoms with Crippen LogP contribution in [0.3, 0.4) is 0 Å². The molecule has 0 aliphatic heterocycles. The van der Waals surface area contributed by atoms with Crippen molar-refractivity contribution in [1.82, 2.24) is 20.3 Å². The molecule has 0 aromatic carbocycles. The van der Waals surface area contributed by atoms with Crippen LogP contribution in [0.15, 0.2) is 6.20 Å². The Morgan fingerprint density at radius 2 is 2.18 bits per heavy atom. The van der Waals surface area contributed by atoms with Gasteiger partial charge in [-0.15, -0.1) is 5.10 Å². The van der Waals surface area contributed by atoms with Crippen LogP contribution >= 0.6 is 0 Å². The minimum Gasteiger partial charge on any atom is -0.308 e. The zero-order valence-electron chi connectivity index (χ0n) is 10.8. The van der Waals surface area contributed by atoms with Crippen LogP contribution in [0.5, 0.6) is 0 Å². The molecule has 3 atom stereocenters. The molecular formula is C13H22N4. The molecule has 1 N–H and O–H groups in total. The first-order valence-corrected chi connectivity index (χ1v) is 6.87. The van der Waals surface area contributed by atoms with Crippen molar-refractivity contribution in [3.8, 4) is 0 Å². The van der Waals surface area contributed by atoms with E-state index in [1.54, 1.807) is 0 Å². The Bertz CT molecular complexity index is 377. The van der Waals surface area contributed by atoms with Gasteiger partial charge in [0.1, 0.15) is 0 Å². The summed E-state index contributed by atoms with van der Waals surface area (Å²) in [6.45, 7) is 3.30. The number of aromatic nitrogens is 3. The lowest BCUT2D eigenvalue weighted by Gasteiger charge is -2.25. The Morgan fingerprint density at radius 1 is 1.41 bits per heavy atom. The number of hydrogen-bond acceptors (Lipinski definition) is 3. The molecule has 17 heavy (non-hydrogen) atoms. The van der Waals surface area contributed by atoms with Gasteiger partial charge in [0.25, 0.3) is 0 Å². The van der Waals surface area contributed by atoms with E-state index in [0.29, 0.717) is 6.04 Å². The van der Waals surface area contributed by atoms with E-state index in [4.69, 9.17) is 0 Å². The Kier molecular flexibility index (Phi) is 2.90. The largest absolute Gasteiger partial charge is 0.308 e. The summed E-state index contributed by atoms with van der Waals surface area (Å²) in [5.41, 5.74) is 1.25. The van der Waals surface area contributed by atoms with Crippen LogP contribution in [0.25, 0.3) is 0 Å². The van der Waals surface area contributed by atoms with Crippen LogP contribution < -0.4 is 5.32 Å². The SMILES string of the molecule is CCCNC(c1cnnn1C)C1CC2CC2C1. The third kappa shape index (κ3) is 2.10. The standard InChI is InChI=1S/C13H22N4/c1-3-4-14-13(12-8-15-16-17(12)2)11-6-9-5-10(9)7-11/h8-11,13-14H,3-7H2,1-2H3. The number of fused-ring (bicyclic) bond motifs is 1. The van der Waals surface area contributed by atoms with Gasteiger partial charge in [-0.3, -0.25) is 4.68 Å². The van der Waals surface area contributed by atoms with Gasteiger partial charge in [0.15, 0.2) is 0 Å². The Balaban J connectivity index is 1.74. The summed E-state index contributed by atoms with van der Waals surface area (Å²) in [5.74, 6) is 2.86. The van der Waals surface area contributed by atoms with E-state index in [9.17, 15) is 0 Å². The smallest absolute Gasteiger partial charge is 0.0756 e. The molecule has 3 rings (SSSR count). The van der Waals surface area contributed by atoms with Crippen LogP contribution in [-0.2, 0) is 7.05 Å². The molecular weight excluding hydrogens is 212 g/mol. The Labute approximate surface area is 103 Å². The minimum atomic E-state index is 0.461. The number of rotatable bonds is 5. The molecule has 1 aromatic heterocycles. The molecule has 1 aromatic rings. The van der Waals surface area contributed by atoms with Crippen molar-refractivity contribution < 1.29 is 0 Å². The van der Waals surface area contributed by atoms with E-state index in [0.717, 1.165) is 24.3 Å². The van der Waals surface area contributed by atoms with Crippen molar-refractivity contribution in [3.63, 3.8) is 0 Å². The maximum Gasteiger partial charge on any atom is 0.0756 e. The predicted octanol–water partition coefficient (Wildman–Crippen LogP) is 1.90. The zero-order valence-corrected chi connectivity index (χ0v) is 10.8. The van der Waals surface area contributed by atoms with Gasteiger partial charge >= 0.3 is 0 Å². The molecule has 2 saturated carbocycles. The normalized spacial score (nSPS) is 32.5. The van der Waals surface area contributed by atoms with Crippen molar-refractivity contribution in [2.45, 2.75) is 38.6 Å². The summed E-state index contributed by atoms with van der Waals surface area (Å²) in [5, 5.41) is 11.8. The zero-order chi connectivity index (χ0) is 11.8. The van der Waals surface area contributed by atoms with E-state index >= 15 is 0 Å². The fourth-order valence-electron chi connectivity index (χ4n) is 3.43. The summed E-state index contributed by atoms with van der Waals surface area (Å²) in [4.78, 5) is 0. The molecule has 2 aliphatic rings. The fraction of sp³-hybridized carbons (Fsp3) is 0.846. The van der Waals surface area contributed by atoms with Gasteiger partial charge < -0.3 is 5.32 Å². The lowest BCUT2D eigenvalue weighted by Crippen LogP contribution is -2.30. The number of nitrogens with zero attached hydrogens (tertiary/aromatic N) is 3. The van der Waals surface area contributed by atoms with E-state index < -0.39 is 0 Å². The van der Waals surface area contributed by atoms with E-state index in [2.05, 4.69) is 22.6 Å². The van der Waals surface area contributed by atoms with Gasteiger partial charge in [-0.25, -0.2) is 0 Å². The predicted molar refractivity (Wildman–Crippen MR) is 66.4 cm³/mol. The summed E-state index contributed by atoms with van der Waals surface area (Å²) in [6, 6.07) is 0.461. The lowest BCUT2D eigenvalue weighted by atomic mass is 9.92. The molecule has 3 unspecified atom stereocenters. The molecule has 0 spiro atoms. The molecule has 0 saturated heterocycles. The minimum absolute atomic E-state index is 0.461. The quantitative estimate of drug-likeness (QED) is 0.846. The highest BCUT2D eigenvalue weighted by molar-refractivity contribution is 5.09. The average molecular weight is 234 g/mol. The van der Waals surface area contributed by atoms with Crippen LogP contribution in [0.2, 0.25) is 0 Å². The molecule has 94 valence electrons. The highest BCUT2D eigenvalue weighted by Crippen LogP contribution is 2.57. The monoisotopic (exact) mass is 234 g/mol. The number of nitrogens with one attached hydrogen (secondary N) is 1. The van der Waals surface area contributed by atoms with Crippen LogP contribution in [0.1, 0.15) is 44.3 Å². The molecule has 0 radical (unpaired) electrons. The second-order valence-electron chi connectivity index (χ2n) is 5.70. The molecule has 0 bridgehead atoms. The third-order valence-electron chi connectivity index (χ3n) is 4.43. The molecule has 1 heterocycles. The molecule has 2 aliphatic carbocycles. The molecule has 0 amide bonds. The topological polar surface area (TPSA) is 42.7 Å². The van der Waals surface area contributed by atoms with E-state index in [-0.39, 0.29) is 0 Å². The first-order chi connectivity index (χ1) is 8.29. The van der Waals surface area contributed by atoms with Crippen LogP contribution in [0.4, 0.5) is 0 Å². The summed E-state index contributed by atoms with van der Waals surface area (Å²) in [6.07, 6.45) is 7.40. The highest BCUT2D eigenvalue weighted by Gasteiger charge is 2.48. The van der Waals surface area contributed by atoms with Gasteiger partial charge in [-0.1, -0.05) is 12.1 Å². The first-order valence-electron chi connectivity index (χ1n) is 6.87. The maximum absolute atomic E-state index is 4.07. The maximum atomic E-state index is 4.07. The fourth-order valence-corrected chi connectivity index (χ4v) is 3.43. The van der Waals surface area contributed by atoms with Crippen molar-refractivity contribution >= 4 is 0 Å². The number of hydrogen-bond donors (Lipinski definition) is 1. The van der Waals surface area contributed by atoms with E-state index in [1.807, 2.05) is 17.9 Å². The van der Waals surface area contributed by atoms with Crippen LogP contribution in [0, 0.1) is 17.8 Å². The first kappa shape index (κ1) is 11.2. The van der Waals surface area contributed by atoms with Gasteiger partial charge in [0.2, 0.25) is 0 Å².